The molecule has 3 N–H and O–H groups in total. The Morgan fingerprint density at radius 2 is 2.33 bits per heavy atom. The lowest BCUT2D eigenvalue weighted by atomic mass is 10.4. The van der Waals surface area contributed by atoms with Crippen molar-refractivity contribution in [3.63, 3.8) is 0 Å². The summed E-state index contributed by atoms with van der Waals surface area (Å²) >= 11 is 1.79. The first-order valence-electron chi connectivity index (χ1n) is 5.63. The van der Waals surface area contributed by atoms with Gasteiger partial charge in [-0.3, -0.25) is 10.3 Å². The van der Waals surface area contributed by atoms with Crippen LogP contribution in [-0.4, -0.2) is 35.3 Å². The number of aliphatic imine (C=N–C) groups is 1. The zero-order valence-corrected chi connectivity index (χ0v) is 11.7. The standard InChI is InChI=1S/C11H18N6S/c1-8-10(17-9(2)16-8)6-18-5-4-14-11(13-3)15-7-12/h4-6H2,1-3H3,(H,16,17)(H2,13,14,15). The van der Waals surface area contributed by atoms with Gasteiger partial charge in [-0.15, -0.1) is 0 Å². The van der Waals surface area contributed by atoms with Crippen molar-refractivity contribution in [3.05, 3.63) is 17.2 Å². The summed E-state index contributed by atoms with van der Waals surface area (Å²) < 4.78 is 0. The smallest absolute Gasteiger partial charge is 0.204 e. The molecule has 0 aliphatic heterocycles. The normalized spacial score (nSPS) is 11.1. The molecular formula is C11H18N6S. The van der Waals surface area contributed by atoms with Crippen LogP contribution in [0.5, 0.6) is 0 Å². The molecular weight excluding hydrogens is 248 g/mol. The van der Waals surface area contributed by atoms with Crippen molar-refractivity contribution >= 4 is 17.7 Å². The third kappa shape index (κ3) is 4.67. The first-order chi connectivity index (χ1) is 8.67. The minimum absolute atomic E-state index is 0.505. The highest BCUT2D eigenvalue weighted by molar-refractivity contribution is 7.98. The molecule has 0 aromatic carbocycles. The number of aromatic amines is 1. The van der Waals surface area contributed by atoms with Gasteiger partial charge >= 0.3 is 0 Å². The van der Waals surface area contributed by atoms with E-state index in [0.29, 0.717) is 5.96 Å². The highest BCUT2D eigenvalue weighted by Crippen LogP contribution is 2.13. The number of hydrogen-bond donors (Lipinski definition) is 3. The molecule has 0 radical (unpaired) electrons. The summed E-state index contributed by atoms with van der Waals surface area (Å²) in [4.78, 5) is 11.5. The molecule has 0 saturated carbocycles. The second-order valence-electron chi connectivity index (χ2n) is 3.68. The fraction of sp³-hybridized carbons (Fsp3) is 0.545. The SMILES string of the molecule is CN=C(NC#N)NCCSCc1nc(C)[nH]c1C. The van der Waals surface area contributed by atoms with E-state index in [-0.39, 0.29) is 0 Å². The van der Waals surface area contributed by atoms with Crippen LogP contribution in [-0.2, 0) is 5.75 Å². The van der Waals surface area contributed by atoms with Gasteiger partial charge in [0.25, 0.3) is 0 Å². The molecule has 0 amide bonds. The van der Waals surface area contributed by atoms with Gasteiger partial charge < -0.3 is 10.3 Å². The van der Waals surface area contributed by atoms with E-state index >= 15 is 0 Å². The number of nitrogens with one attached hydrogen (secondary N) is 3. The minimum atomic E-state index is 0.505. The van der Waals surface area contributed by atoms with Gasteiger partial charge in [-0.1, -0.05) is 0 Å². The summed E-state index contributed by atoms with van der Waals surface area (Å²) in [5.41, 5.74) is 2.24. The van der Waals surface area contributed by atoms with Gasteiger partial charge in [0.2, 0.25) is 5.96 Å². The highest BCUT2D eigenvalue weighted by atomic mass is 32.2. The van der Waals surface area contributed by atoms with Crippen molar-refractivity contribution < 1.29 is 0 Å². The Morgan fingerprint density at radius 1 is 1.56 bits per heavy atom. The summed E-state index contributed by atoms with van der Waals surface area (Å²) in [7, 11) is 1.63. The summed E-state index contributed by atoms with van der Waals surface area (Å²) in [5.74, 6) is 3.28. The first-order valence-corrected chi connectivity index (χ1v) is 6.78. The molecule has 1 aromatic rings. The van der Waals surface area contributed by atoms with Crippen molar-refractivity contribution in [1.82, 2.24) is 20.6 Å². The Hall–Kier alpha value is -1.68. The monoisotopic (exact) mass is 266 g/mol. The fourth-order valence-electron chi connectivity index (χ4n) is 1.44. The van der Waals surface area contributed by atoms with Crippen LogP contribution in [0.25, 0.3) is 0 Å². The number of rotatable bonds is 5. The van der Waals surface area contributed by atoms with E-state index in [2.05, 4.69) is 25.6 Å². The number of nitriles is 1. The van der Waals surface area contributed by atoms with Crippen molar-refractivity contribution in [1.29, 1.82) is 5.26 Å². The third-order valence-electron chi connectivity index (χ3n) is 2.28. The maximum Gasteiger partial charge on any atom is 0.204 e. The molecule has 0 aliphatic rings. The molecule has 0 bridgehead atoms. The van der Waals surface area contributed by atoms with Gasteiger partial charge in [0.05, 0.1) is 5.69 Å². The number of aryl methyl sites for hydroxylation is 2. The number of thioether (sulfide) groups is 1. The molecule has 18 heavy (non-hydrogen) atoms. The number of nitrogens with zero attached hydrogens (tertiary/aromatic N) is 3. The van der Waals surface area contributed by atoms with Gasteiger partial charge in [0.1, 0.15) is 5.82 Å². The molecule has 1 heterocycles. The number of H-pyrrole nitrogens is 1. The molecule has 0 aliphatic carbocycles. The minimum Gasteiger partial charge on any atom is -0.355 e. The van der Waals surface area contributed by atoms with Crippen LogP contribution >= 0.6 is 11.8 Å². The first kappa shape index (κ1) is 14.4. The van der Waals surface area contributed by atoms with Gasteiger partial charge in [0, 0.05) is 30.8 Å². The van der Waals surface area contributed by atoms with Crippen molar-refractivity contribution in [2.45, 2.75) is 19.6 Å². The van der Waals surface area contributed by atoms with E-state index in [1.807, 2.05) is 20.0 Å². The molecule has 0 atom stereocenters. The predicted molar refractivity (Wildman–Crippen MR) is 74.3 cm³/mol. The Bertz CT molecular complexity index is 445. The van der Waals surface area contributed by atoms with E-state index in [9.17, 15) is 0 Å². The lowest BCUT2D eigenvalue weighted by molar-refractivity contribution is 0.930. The lowest BCUT2D eigenvalue weighted by Gasteiger charge is -2.06. The van der Waals surface area contributed by atoms with E-state index in [0.717, 1.165) is 35.3 Å². The van der Waals surface area contributed by atoms with Crippen LogP contribution in [0.4, 0.5) is 0 Å². The van der Waals surface area contributed by atoms with E-state index in [4.69, 9.17) is 5.26 Å². The zero-order chi connectivity index (χ0) is 13.4. The number of aromatic nitrogens is 2. The van der Waals surface area contributed by atoms with Crippen LogP contribution < -0.4 is 10.6 Å². The van der Waals surface area contributed by atoms with Crippen LogP contribution in [0.2, 0.25) is 0 Å². The van der Waals surface area contributed by atoms with Crippen LogP contribution in [0, 0.1) is 25.3 Å². The molecule has 0 spiro atoms. The molecule has 1 rings (SSSR count). The van der Waals surface area contributed by atoms with Gasteiger partial charge in [-0.25, -0.2) is 4.98 Å². The van der Waals surface area contributed by atoms with Gasteiger partial charge in [0.15, 0.2) is 6.19 Å². The number of guanidine groups is 1. The fourth-order valence-corrected chi connectivity index (χ4v) is 2.31. The zero-order valence-electron chi connectivity index (χ0n) is 10.9. The maximum absolute atomic E-state index is 8.45. The van der Waals surface area contributed by atoms with E-state index in [1.165, 1.54) is 0 Å². The maximum atomic E-state index is 8.45. The predicted octanol–water partition coefficient (Wildman–Crippen LogP) is 0.906. The van der Waals surface area contributed by atoms with Crippen molar-refractivity contribution in [3.8, 4) is 6.19 Å². The Morgan fingerprint density at radius 3 is 2.89 bits per heavy atom. The third-order valence-corrected chi connectivity index (χ3v) is 3.25. The lowest BCUT2D eigenvalue weighted by Crippen LogP contribution is -2.35. The van der Waals surface area contributed by atoms with Gasteiger partial charge in [-0.05, 0) is 13.8 Å². The van der Waals surface area contributed by atoms with Crippen LogP contribution in [0.15, 0.2) is 4.99 Å². The number of imidazole rings is 1. The second-order valence-corrected chi connectivity index (χ2v) is 4.79. The largest absolute Gasteiger partial charge is 0.355 e. The molecule has 0 saturated heterocycles. The average Bonchev–Trinajstić information content (AvgIpc) is 2.66. The van der Waals surface area contributed by atoms with Crippen molar-refractivity contribution in [2.75, 3.05) is 19.3 Å². The molecule has 6 nitrogen and oxygen atoms in total. The quantitative estimate of drug-likeness (QED) is 0.242. The van der Waals surface area contributed by atoms with Gasteiger partial charge in [-0.2, -0.15) is 17.0 Å². The average molecular weight is 266 g/mol. The molecule has 7 heteroatoms. The molecule has 98 valence electrons. The molecule has 0 fully saturated rings. The van der Waals surface area contributed by atoms with Crippen molar-refractivity contribution in [2.24, 2.45) is 4.99 Å². The van der Waals surface area contributed by atoms with Crippen LogP contribution in [0.1, 0.15) is 17.2 Å². The summed E-state index contributed by atoms with van der Waals surface area (Å²) in [6.07, 6.45) is 1.83. The summed E-state index contributed by atoms with van der Waals surface area (Å²) in [5, 5.41) is 14.0. The summed E-state index contributed by atoms with van der Waals surface area (Å²) in [6, 6.07) is 0. The Labute approximate surface area is 111 Å². The van der Waals surface area contributed by atoms with Crippen LogP contribution in [0.3, 0.4) is 0 Å². The summed E-state index contributed by atoms with van der Waals surface area (Å²) in [6.45, 7) is 4.75. The second kappa shape index (κ2) is 7.61. The molecule has 1 aromatic heterocycles. The van der Waals surface area contributed by atoms with E-state index in [1.54, 1.807) is 18.8 Å². The number of hydrogen-bond acceptors (Lipinski definition) is 4. The molecule has 0 unspecified atom stereocenters. The Balaban J connectivity index is 2.20. The van der Waals surface area contributed by atoms with E-state index < -0.39 is 0 Å². The highest BCUT2D eigenvalue weighted by Gasteiger charge is 2.03. The Kier molecular flexibility index (Phi) is 6.08. The topological polar surface area (TPSA) is 88.9 Å².